The molecular weight excluding hydrogens is 532 g/mol. The molecule has 7 rings (SSSR count). The Morgan fingerprint density at radius 3 is 2.34 bits per heavy atom. The molecule has 0 fully saturated rings. The van der Waals surface area contributed by atoms with Crippen molar-refractivity contribution < 1.29 is 14.3 Å². The molecule has 0 saturated heterocycles. The molecule has 2 heterocycles. The Balaban J connectivity index is 1.46. The Morgan fingerprint density at radius 2 is 1.54 bits per heavy atom. The number of carbonyl (C=O) groups is 1. The van der Waals surface area contributed by atoms with E-state index in [1.165, 1.54) is 0 Å². The van der Waals surface area contributed by atoms with Crippen LogP contribution in [0.3, 0.4) is 0 Å². The van der Waals surface area contributed by atoms with E-state index in [-0.39, 0.29) is 5.97 Å². The number of carbonyl (C=O) groups excluding carboxylic acids is 1. The van der Waals surface area contributed by atoms with E-state index in [0.717, 1.165) is 57.6 Å². The highest BCUT2D eigenvalue weighted by Gasteiger charge is 2.54. The highest BCUT2D eigenvalue weighted by Crippen LogP contribution is 2.58. The quantitative estimate of drug-likeness (QED) is 0.201. The van der Waals surface area contributed by atoms with Gasteiger partial charge in [-0.1, -0.05) is 54.1 Å². The molecule has 41 heavy (non-hydrogen) atoms. The van der Waals surface area contributed by atoms with E-state index >= 15 is 0 Å². The second-order valence-electron chi connectivity index (χ2n) is 10.4. The van der Waals surface area contributed by atoms with Gasteiger partial charge in [0.05, 0.1) is 21.8 Å². The molecule has 0 aromatic heterocycles. The van der Waals surface area contributed by atoms with Gasteiger partial charge in [-0.25, -0.2) is 4.79 Å². The van der Waals surface area contributed by atoms with Gasteiger partial charge in [-0.2, -0.15) is 0 Å². The second-order valence-corrected chi connectivity index (χ2v) is 10.8. The molecule has 0 amide bonds. The molecule has 0 bridgehead atoms. The summed E-state index contributed by atoms with van der Waals surface area (Å²) in [7, 11) is 2.00. The van der Waals surface area contributed by atoms with Crippen LogP contribution in [0.15, 0.2) is 97.1 Å². The fourth-order valence-corrected chi connectivity index (χ4v) is 6.61. The van der Waals surface area contributed by atoms with E-state index in [1.807, 2.05) is 61.6 Å². The van der Waals surface area contributed by atoms with Crippen molar-refractivity contribution in [2.24, 2.45) is 0 Å². The molecule has 1 unspecified atom stereocenters. The number of ether oxygens (including phenoxy) is 2. The maximum atomic E-state index is 13.4. The molecule has 204 valence electrons. The van der Waals surface area contributed by atoms with Gasteiger partial charge in [-0.05, 0) is 73.2 Å². The molecule has 5 aromatic rings. The van der Waals surface area contributed by atoms with Crippen molar-refractivity contribution in [2.45, 2.75) is 19.4 Å². The van der Waals surface area contributed by atoms with Crippen LogP contribution in [0.4, 0.5) is 17.1 Å². The van der Waals surface area contributed by atoms with Crippen LogP contribution in [0.2, 0.25) is 5.02 Å². The van der Waals surface area contributed by atoms with Crippen LogP contribution in [0, 0.1) is 0 Å². The van der Waals surface area contributed by atoms with Crippen LogP contribution in [0.1, 0.15) is 40.9 Å². The third-order valence-electron chi connectivity index (χ3n) is 8.38. The molecule has 5 nitrogen and oxygen atoms in total. The molecule has 1 spiro atoms. The number of hydrogen-bond donors (Lipinski definition) is 0. The van der Waals surface area contributed by atoms with Gasteiger partial charge in [-0.3, -0.25) is 0 Å². The minimum absolute atomic E-state index is 0.334. The predicted molar refractivity (Wildman–Crippen MR) is 165 cm³/mol. The number of benzene rings is 5. The lowest BCUT2D eigenvalue weighted by molar-refractivity contribution is 0.0229. The van der Waals surface area contributed by atoms with E-state index in [9.17, 15) is 4.79 Å². The van der Waals surface area contributed by atoms with E-state index in [0.29, 0.717) is 22.1 Å². The molecule has 0 N–H and O–H groups in total. The molecule has 6 heteroatoms. The largest absolute Gasteiger partial charge is 0.456 e. The lowest BCUT2D eigenvalue weighted by Gasteiger charge is -2.38. The van der Waals surface area contributed by atoms with Gasteiger partial charge in [0.25, 0.3) is 0 Å². The van der Waals surface area contributed by atoms with Crippen molar-refractivity contribution in [3.05, 3.63) is 124 Å². The smallest absolute Gasteiger partial charge is 0.340 e. The SMILES string of the molecule is CCN(CC)c1ccc2c(c1)Oc1ccc3cc(N(C)c4ccccc4Cl)ccc3c1C21OC(=O)c2ccccc21. The number of halogens is 1. The van der Waals surface area contributed by atoms with Crippen molar-refractivity contribution in [1.82, 2.24) is 0 Å². The van der Waals surface area contributed by atoms with Crippen molar-refractivity contribution in [3.8, 4) is 11.5 Å². The molecule has 0 saturated carbocycles. The average molecular weight is 561 g/mol. The molecule has 2 aliphatic heterocycles. The number of hydrogen-bond acceptors (Lipinski definition) is 5. The van der Waals surface area contributed by atoms with Gasteiger partial charge in [0.15, 0.2) is 5.60 Å². The summed E-state index contributed by atoms with van der Waals surface area (Å²) < 4.78 is 13.1. The number of fused-ring (bicyclic) bond motifs is 8. The third kappa shape index (κ3) is 3.72. The van der Waals surface area contributed by atoms with Crippen LogP contribution >= 0.6 is 11.6 Å². The Hall–Kier alpha value is -4.48. The maximum absolute atomic E-state index is 13.4. The topological polar surface area (TPSA) is 42.0 Å². The van der Waals surface area contributed by atoms with Crippen molar-refractivity contribution in [3.63, 3.8) is 0 Å². The first kappa shape index (κ1) is 25.5. The molecule has 0 radical (unpaired) electrons. The van der Waals surface area contributed by atoms with Gasteiger partial charge < -0.3 is 19.3 Å². The fourth-order valence-electron chi connectivity index (χ4n) is 6.34. The first-order valence-electron chi connectivity index (χ1n) is 13.9. The van der Waals surface area contributed by atoms with Crippen LogP contribution in [0.5, 0.6) is 11.5 Å². The summed E-state index contributed by atoms with van der Waals surface area (Å²) in [5, 5.41) is 2.65. The average Bonchev–Trinajstić information content (AvgIpc) is 3.29. The number of rotatable bonds is 5. The van der Waals surface area contributed by atoms with Crippen LogP contribution in [-0.4, -0.2) is 26.1 Å². The number of para-hydroxylation sites is 1. The Bertz CT molecular complexity index is 1850. The van der Waals surface area contributed by atoms with Gasteiger partial charge in [0.2, 0.25) is 0 Å². The summed E-state index contributed by atoms with van der Waals surface area (Å²) in [5.41, 5.74) is 4.91. The van der Waals surface area contributed by atoms with Gasteiger partial charge in [0.1, 0.15) is 11.5 Å². The zero-order chi connectivity index (χ0) is 28.3. The van der Waals surface area contributed by atoms with Crippen molar-refractivity contribution in [2.75, 3.05) is 29.9 Å². The highest BCUT2D eigenvalue weighted by molar-refractivity contribution is 6.33. The lowest BCUT2D eigenvalue weighted by atomic mass is 9.76. The highest BCUT2D eigenvalue weighted by atomic mass is 35.5. The van der Waals surface area contributed by atoms with Crippen LogP contribution in [0.25, 0.3) is 10.8 Å². The minimum Gasteiger partial charge on any atom is -0.456 e. The van der Waals surface area contributed by atoms with Crippen molar-refractivity contribution in [1.29, 1.82) is 0 Å². The summed E-state index contributed by atoms with van der Waals surface area (Å²) in [6.07, 6.45) is 0. The molecule has 0 aliphatic carbocycles. The fraction of sp³-hybridized carbons (Fsp3) is 0.171. The number of anilines is 3. The first-order chi connectivity index (χ1) is 20.0. The summed E-state index contributed by atoms with van der Waals surface area (Å²) in [6.45, 7) is 6.03. The van der Waals surface area contributed by atoms with Crippen LogP contribution in [-0.2, 0) is 10.3 Å². The van der Waals surface area contributed by atoms with Crippen LogP contribution < -0.4 is 14.5 Å². The first-order valence-corrected chi connectivity index (χ1v) is 14.3. The van der Waals surface area contributed by atoms with E-state index in [2.05, 4.69) is 66.1 Å². The van der Waals surface area contributed by atoms with Gasteiger partial charge >= 0.3 is 5.97 Å². The molecule has 1 atom stereocenters. The number of nitrogens with zero attached hydrogens (tertiary/aromatic N) is 2. The zero-order valence-corrected chi connectivity index (χ0v) is 23.9. The Labute approximate surface area is 244 Å². The second kappa shape index (κ2) is 9.57. The van der Waals surface area contributed by atoms with Gasteiger partial charge in [0, 0.05) is 48.7 Å². The summed E-state index contributed by atoms with van der Waals surface area (Å²) in [6, 6.07) is 32.0. The van der Waals surface area contributed by atoms with E-state index in [1.54, 1.807) is 0 Å². The predicted octanol–water partition coefficient (Wildman–Crippen LogP) is 8.68. The third-order valence-corrected chi connectivity index (χ3v) is 8.70. The lowest BCUT2D eigenvalue weighted by Crippen LogP contribution is -2.33. The Morgan fingerprint density at radius 1 is 0.780 bits per heavy atom. The number of esters is 1. The summed E-state index contributed by atoms with van der Waals surface area (Å²) >= 11 is 6.51. The van der Waals surface area contributed by atoms with Crippen molar-refractivity contribution >= 4 is 45.4 Å². The summed E-state index contributed by atoms with van der Waals surface area (Å²) in [4.78, 5) is 17.8. The Kier molecular flexibility index (Phi) is 5.95. The standard InChI is InChI=1S/C35H29ClN2O3/c1-4-38(5-2)24-16-18-28-32(21-24)40-31-19-14-22-20-23(37(3)30-13-9-8-12-29(30)36)15-17-25(22)33(31)35(28)27-11-7-6-10-26(27)34(39)41-35/h6-21H,4-5H2,1-3H3. The monoisotopic (exact) mass is 560 g/mol. The van der Waals surface area contributed by atoms with E-state index < -0.39 is 5.60 Å². The summed E-state index contributed by atoms with van der Waals surface area (Å²) in [5.74, 6) is 1.04. The molecule has 2 aliphatic rings. The maximum Gasteiger partial charge on any atom is 0.340 e. The normalized spacial score (nSPS) is 16.5. The minimum atomic E-state index is -1.13. The van der Waals surface area contributed by atoms with E-state index in [4.69, 9.17) is 21.1 Å². The van der Waals surface area contributed by atoms with Gasteiger partial charge in [-0.15, -0.1) is 0 Å². The zero-order valence-electron chi connectivity index (χ0n) is 23.1. The molecule has 5 aromatic carbocycles. The molecular formula is C35H29ClN2O3.